The minimum absolute atomic E-state index is 0.191. The maximum Gasteiger partial charge on any atom is 0.306 e. The Bertz CT molecular complexity index is 877. The van der Waals surface area contributed by atoms with E-state index in [1.165, 1.54) is 7.11 Å². The second-order valence-electron chi connectivity index (χ2n) is 7.28. The summed E-state index contributed by atoms with van der Waals surface area (Å²) >= 11 is 6.03. The van der Waals surface area contributed by atoms with Crippen molar-refractivity contribution >= 4 is 29.2 Å². The van der Waals surface area contributed by atoms with Crippen LogP contribution in [0, 0.1) is 19.8 Å². The third-order valence-corrected chi connectivity index (χ3v) is 4.74. The number of anilines is 1. The topological polar surface area (TPSA) is 82.4 Å². The van der Waals surface area contributed by atoms with Crippen LogP contribution in [0.1, 0.15) is 37.2 Å². The molecule has 1 aromatic carbocycles. The summed E-state index contributed by atoms with van der Waals surface area (Å²) in [5, 5.41) is 7.56. The minimum atomic E-state index is -0.434. The van der Waals surface area contributed by atoms with Crippen LogP contribution in [0.3, 0.4) is 0 Å². The maximum atomic E-state index is 12.1. The van der Waals surface area contributed by atoms with Crippen LogP contribution in [0.15, 0.2) is 18.2 Å². The Morgan fingerprint density at radius 1 is 1.28 bits per heavy atom. The number of aryl methyl sites for hydroxylation is 1. The molecular weight excluding hydrogens is 394 g/mol. The fraction of sp³-hybridized carbons (Fsp3) is 0.476. The van der Waals surface area contributed by atoms with Gasteiger partial charge in [-0.05, 0) is 49.9 Å². The Balaban J connectivity index is 1.82. The van der Waals surface area contributed by atoms with E-state index in [-0.39, 0.29) is 13.0 Å². The predicted molar refractivity (Wildman–Crippen MR) is 112 cm³/mol. The average Bonchev–Trinajstić information content (AvgIpc) is 2.91. The van der Waals surface area contributed by atoms with E-state index in [1.807, 2.05) is 18.5 Å². The number of methoxy groups -OCH3 is 1. The zero-order chi connectivity index (χ0) is 21.6. The van der Waals surface area contributed by atoms with Gasteiger partial charge in [0.2, 0.25) is 0 Å². The lowest BCUT2D eigenvalue weighted by Gasteiger charge is -2.09. The van der Waals surface area contributed by atoms with E-state index < -0.39 is 11.9 Å². The van der Waals surface area contributed by atoms with Gasteiger partial charge in [-0.15, -0.1) is 0 Å². The molecule has 0 aliphatic carbocycles. The summed E-state index contributed by atoms with van der Waals surface area (Å²) in [5.41, 5.74) is 3.55. The van der Waals surface area contributed by atoms with E-state index in [4.69, 9.17) is 21.1 Å². The van der Waals surface area contributed by atoms with Crippen LogP contribution in [0.2, 0.25) is 5.02 Å². The SMILES string of the molecule is COc1ccc(NC(=O)COC(=O)CCc2c(C)nn(CC(C)C)c2C)cc1Cl. The summed E-state index contributed by atoms with van der Waals surface area (Å²) in [6.07, 6.45) is 0.723. The van der Waals surface area contributed by atoms with E-state index in [2.05, 4.69) is 24.3 Å². The highest BCUT2D eigenvalue weighted by Crippen LogP contribution is 2.27. The lowest BCUT2D eigenvalue weighted by atomic mass is 10.1. The van der Waals surface area contributed by atoms with Gasteiger partial charge in [0.05, 0.1) is 17.8 Å². The van der Waals surface area contributed by atoms with Gasteiger partial charge in [0.1, 0.15) is 5.75 Å². The van der Waals surface area contributed by atoms with Gasteiger partial charge in [-0.1, -0.05) is 25.4 Å². The van der Waals surface area contributed by atoms with Crippen molar-refractivity contribution in [2.45, 2.75) is 47.1 Å². The average molecular weight is 422 g/mol. The molecule has 1 N–H and O–H groups in total. The van der Waals surface area contributed by atoms with Crippen molar-refractivity contribution < 1.29 is 19.1 Å². The van der Waals surface area contributed by atoms with Gasteiger partial charge in [0.15, 0.2) is 6.61 Å². The Labute approximate surface area is 176 Å². The van der Waals surface area contributed by atoms with Crippen LogP contribution in [0.5, 0.6) is 5.75 Å². The van der Waals surface area contributed by atoms with Crippen molar-refractivity contribution in [2.75, 3.05) is 19.0 Å². The molecule has 0 aliphatic heterocycles. The van der Waals surface area contributed by atoms with E-state index >= 15 is 0 Å². The molecule has 0 fully saturated rings. The molecule has 0 radical (unpaired) electrons. The van der Waals surface area contributed by atoms with Crippen molar-refractivity contribution in [2.24, 2.45) is 5.92 Å². The van der Waals surface area contributed by atoms with E-state index in [0.717, 1.165) is 23.5 Å². The van der Waals surface area contributed by atoms with E-state index in [9.17, 15) is 9.59 Å². The van der Waals surface area contributed by atoms with Gasteiger partial charge in [-0.2, -0.15) is 5.10 Å². The highest BCUT2D eigenvalue weighted by Gasteiger charge is 2.15. The molecule has 0 atom stereocenters. The van der Waals surface area contributed by atoms with Crippen LogP contribution in [-0.4, -0.2) is 35.4 Å². The summed E-state index contributed by atoms with van der Waals surface area (Å²) in [6.45, 7) is 8.71. The Hall–Kier alpha value is -2.54. The number of aromatic nitrogens is 2. The zero-order valence-corrected chi connectivity index (χ0v) is 18.3. The molecule has 8 heteroatoms. The summed E-state index contributed by atoms with van der Waals surface area (Å²) in [7, 11) is 1.51. The van der Waals surface area contributed by atoms with Crippen molar-refractivity contribution in [3.05, 3.63) is 40.2 Å². The largest absolute Gasteiger partial charge is 0.495 e. The number of esters is 1. The number of hydrogen-bond donors (Lipinski definition) is 1. The van der Waals surface area contributed by atoms with Crippen LogP contribution in [0.4, 0.5) is 5.69 Å². The van der Waals surface area contributed by atoms with E-state index in [1.54, 1.807) is 18.2 Å². The van der Waals surface area contributed by atoms with Gasteiger partial charge in [0.25, 0.3) is 5.91 Å². The first-order valence-electron chi connectivity index (χ1n) is 9.53. The standard InChI is InChI=1S/C21H28ClN3O4/c1-13(2)11-25-15(4)17(14(3)24-25)7-9-21(27)29-12-20(26)23-16-6-8-19(28-5)18(22)10-16/h6,8,10,13H,7,9,11-12H2,1-5H3,(H,23,26). The summed E-state index contributed by atoms with van der Waals surface area (Å²) in [6, 6.07) is 4.87. The first kappa shape index (κ1) is 22.7. The molecule has 0 saturated heterocycles. The molecule has 0 spiro atoms. The first-order chi connectivity index (χ1) is 13.7. The molecule has 7 nitrogen and oxygen atoms in total. The molecule has 1 heterocycles. The van der Waals surface area contributed by atoms with Crippen LogP contribution in [0.25, 0.3) is 0 Å². The Morgan fingerprint density at radius 3 is 2.62 bits per heavy atom. The molecule has 158 valence electrons. The second-order valence-corrected chi connectivity index (χ2v) is 7.69. The lowest BCUT2D eigenvalue weighted by Crippen LogP contribution is -2.21. The van der Waals surface area contributed by atoms with Crippen molar-refractivity contribution in [3.8, 4) is 5.75 Å². The van der Waals surface area contributed by atoms with Crippen LogP contribution in [-0.2, 0) is 27.3 Å². The quantitative estimate of drug-likeness (QED) is 0.620. The van der Waals surface area contributed by atoms with Crippen molar-refractivity contribution in [3.63, 3.8) is 0 Å². The number of hydrogen-bond acceptors (Lipinski definition) is 5. The zero-order valence-electron chi connectivity index (χ0n) is 17.5. The van der Waals surface area contributed by atoms with Gasteiger partial charge in [-0.3, -0.25) is 14.3 Å². The normalized spacial score (nSPS) is 10.9. The fourth-order valence-electron chi connectivity index (χ4n) is 3.01. The number of carbonyl (C=O) groups is 2. The Kier molecular flexibility index (Phi) is 8.08. The number of nitrogens with one attached hydrogen (secondary N) is 1. The van der Waals surface area contributed by atoms with Crippen molar-refractivity contribution in [1.29, 1.82) is 0 Å². The minimum Gasteiger partial charge on any atom is -0.495 e. The molecule has 1 aromatic heterocycles. The fourth-order valence-corrected chi connectivity index (χ4v) is 3.26. The first-order valence-corrected chi connectivity index (χ1v) is 9.91. The van der Waals surface area contributed by atoms with Gasteiger partial charge in [-0.25, -0.2) is 0 Å². The van der Waals surface area contributed by atoms with Crippen LogP contribution < -0.4 is 10.1 Å². The third kappa shape index (κ3) is 6.49. The molecule has 0 bridgehead atoms. The molecule has 29 heavy (non-hydrogen) atoms. The number of ether oxygens (including phenoxy) is 2. The predicted octanol–water partition coefficient (Wildman–Crippen LogP) is 3.93. The van der Waals surface area contributed by atoms with Gasteiger partial charge < -0.3 is 14.8 Å². The van der Waals surface area contributed by atoms with Crippen LogP contribution >= 0.6 is 11.6 Å². The highest BCUT2D eigenvalue weighted by molar-refractivity contribution is 6.32. The molecule has 0 aliphatic rings. The summed E-state index contributed by atoms with van der Waals surface area (Å²) < 4.78 is 12.1. The summed E-state index contributed by atoms with van der Waals surface area (Å²) in [5.74, 6) is 0.142. The Morgan fingerprint density at radius 2 is 2.00 bits per heavy atom. The molecule has 0 unspecified atom stereocenters. The monoisotopic (exact) mass is 421 g/mol. The van der Waals surface area contributed by atoms with Gasteiger partial charge >= 0.3 is 5.97 Å². The molecule has 2 aromatic rings. The molecule has 2 rings (SSSR count). The van der Waals surface area contributed by atoms with Gasteiger partial charge in [0, 0.05) is 24.3 Å². The second kappa shape index (κ2) is 10.3. The van der Waals surface area contributed by atoms with Crippen molar-refractivity contribution in [1.82, 2.24) is 9.78 Å². The number of carbonyl (C=O) groups excluding carboxylic acids is 2. The summed E-state index contributed by atoms with van der Waals surface area (Å²) in [4.78, 5) is 24.0. The number of rotatable bonds is 9. The number of benzene rings is 1. The number of halogens is 1. The smallest absolute Gasteiger partial charge is 0.306 e. The maximum absolute atomic E-state index is 12.1. The lowest BCUT2D eigenvalue weighted by molar-refractivity contribution is -0.147. The number of amides is 1. The molecular formula is C21H28ClN3O4. The number of nitrogens with zero attached hydrogens (tertiary/aromatic N) is 2. The molecule has 1 amide bonds. The highest BCUT2D eigenvalue weighted by atomic mass is 35.5. The van der Waals surface area contributed by atoms with E-state index in [0.29, 0.717) is 28.8 Å². The molecule has 0 saturated carbocycles. The third-order valence-electron chi connectivity index (χ3n) is 4.45.